The van der Waals surface area contributed by atoms with Crippen molar-refractivity contribution in [3.8, 4) is 34.6 Å². The molecule has 4 amide bonds. The fourth-order valence-corrected chi connectivity index (χ4v) is 10.2. The van der Waals surface area contributed by atoms with E-state index in [1.54, 1.807) is 69.2 Å². The Morgan fingerprint density at radius 1 is 1.00 bits per heavy atom. The highest BCUT2D eigenvalue weighted by molar-refractivity contribution is 5.96. The summed E-state index contributed by atoms with van der Waals surface area (Å²) in [6.07, 6.45) is -0.660. The van der Waals surface area contributed by atoms with E-state index in [9.17, 15) is 37.1 Å². The second kappa shape index (κ2) is 23.3. The van der Waals surface area contributed by atoms with Crippen molar-refractivity contribution in [2.75, 3.05) is 60.0 Å². The molecule has 18 nitrogen and oxygen atoms in total. The van der Waals surface area contributed by atoms with Crippen LogP contribution in [0.1, 0.15) is 104 Å². The number of esters is 1. The van der Waals surface area contributed by atoms with Crippen molar-refractivity contribution in [1.82, 2.24) is 50.2 Å². The number of fused-ring (bicyclic) bond motifs is 1. The van der Waals surface area contributed by atoms with Crippen LogP contribution in [0.15, 0.2) is 40.9 Å². The molecule has 0 saturated carbocycles. The van der Waals surface area contributed by atoms with Gasteiger partial charge in [0.1, 0.15) is 18.6 Å². The molecule has 7 rings (SSSR count). The topological polar surface area (TPSA) is 198 Å². The van der Waals surface area contributed by atoms with Crippen molar-refractivity contribution in [1.29, 1.82) is 0 Å². The van der Waals surface area contributed by atoms with Crippen LogP contribution < -0.4 is 10.7 Å². The highest BCUT2D eigenvalue weighted by Crippen LogP contribution is 2.43. The number of nitrogens with one attached hydrogen (secondary N) is 2. The molecule has 0 bridgehead atoms. The minimum Gasteiger partial charge on any atom is -0.465 e. The summed E-state index contributed by atoms with van der Waals surface area (Å²) in [5.41, 5.74) is 4.20. The van der Waals surface area contributed by atoms with E-state index >= 15 is 0 Å². The lowest BCUT2D eigenvalue weighted by atomic mass is 9.84. The summed E-state index contributed by atoms with van der Waals surface area (Å²) in [7, 11) is 3.05. The number of amides is 4. The molecule has 75 heavy (non-hydrogen) atoms. The van der Waals surface area contributed by atoms with Crippen LogP contribution in [0.2, 0.25) is 0 Å². The van der Waals surface area contributed by atoms with Crippen molar-refractivity contribution in [2.24, 2.45) is 17.3 Å². The Balaban J connectivity index is 1.18. The molecule has 4 aromatic rings. The predicted octanol–water partition coefficient (Wildman–Crippen LogP) is 6.13. The zero-order valence-electron chi connectivity index (χ0n) is 44.7. The Morgan fingerprint density at radius 3 is 2.39 bits per heavy atom. The number of alkyl halides is 3. The van der Waals surface area contributed by atoms with Crippen molar-refractivity contribution >= 4 is 40.5 Å². The SMILES string of the molecule is CO[C@@H](C)c1ncccc1-c1c(CC(C)(C)COC(C)=O)c2cc(-c3nnc(C[C@H](NC(=O)[C@H](C(C)C)N(C)C(=O)C4CCN(C(=O)C#CC(C)(C)N5CCC5)C4)C(=O)N4CCCCN4)o3)ccc2n1CC(F)(F)F. The summed E-state index contributed by atoms with van der Waals surface area (Å²) in [5.74, 6) is 2.76. The third-order valence-electron chi connectivity index (χ3n) is 14.4. The van der Waals surface area contributed by atoms with Crippen LogP contribution in [-0.2, 0) is 52.8 Å². The Bertz CT molecular complexity index is 2800. The molecule has 3 aliphatic heterocycles. The zero-order valence-corrected chi connectivity index (χ0v) is 44.7. The fourth-order valence-electron chi connectivity index (χ4n) is 10.2. The van der Waals surface area contributed by atoms with E-state index in [1.165, 1.54) is 28.5 Å². The maximum atomic E-state index is 14.6. The molecule has 1 aromatic carbocycles. The number of ether oxygens (including phenoxy) is 2. The van der Waals surface area contributed by atoms with E-state index < -0.39 is 71.5 Å². The lowest BCUT2D eigenvalue weighted by Gasteiger charge is -2.41. The number of aromatic nitrogens is 4. The third-order valence-corrected chi connectivity index (χ3v) is 14.4. The van der Waals surface area contributed by atoms with Crippen LogP contribution in [0.3, 0.4) is 0 Å². The molecule has 0 radical (unpaired) electrons. The number of benzene rings is 1. The van der Waals surface area contributed by atoms with Crippen LogP contribution in [0.4, 0.5) is 13.2 Å². The first-order valence-corrected chi connectivity index (χ1v) is 25.7. The molecule has 21 heteroatoms. The number of halogens is 3. The van der Waals surface area contributed by atoms with Crippen molar-refractivity contribution in [3.63, 3.8) is 0 Å². The first-order chi connectivity index (χ1) is 35.4. The van der Waals surface area contributed by atoms with Gasteiger partial charge in [-0.15, -0.1) is 10.2 Å². The molecule has 406 valence electrons. The largest absolute Gasteiger partial charge is 0.465 e. The van der Waals surface area contributed by atoms with Gasteiger partial charge in [-0.1, -0.05) is 33.6 Å². The van der Waals surface area contributed by atoms with E-state index in [0.717, 1.165) is 32.4 Å². The summed E-state index contributed by atoms with van der Waals surface area (Å²) in [6, 6.07) is 5.96. The van der Waals surface area contributed by atoms with Crippen LogP contribution in [0.5, 0.6) is 0 Å². The normalized spacial score (nSPS) is 17.8. The lowest BCUT2D eigenvalue weighted by Crippen LogP contribution is -2.59. The van der Waals surface area contributed by atoms with Gasteiger partial charge in [0.25, 0.3) is 11.8 Å². The molecule has 0 aliphatic carbocycles. The van der Waals surface area contributed by atoms with Gasteiger partial charge in [0.15, 0.2) is 0 Å². The third kappa shape index (κ3) is 13.4. The minimum atomic E-state index is -4.63. The Hall–Kier alpha value is -6.37. The van der Waals surface area contributed by atoms with Gasteiger partial charge in [-0.25, -0.2) is 5.43 Å². The minimum absolute atomic E-state index is 0.00569. The average molecular weight is 1050 g/mol. The Labute approximate surface area is 436 Å². The zero-order chi connectivity index (χ0) is 54.6. The van der Waals surface area contributed by atoms with Crippen molar-refractivity contribution in [3.05, 3.63) is 53.7 Å². The van der Waals surface area contributed by atoms with Gasteiger partial charge in [-0.05, 0) is 101 Å². The molecule has 6 heterocycles. The van der Waals surface area contributed by atoms with Crippen LogP contribution in [-0.4, -0.2) is 153 Å². The molecule has 1 unspecified atom stereocenters. The van der Waals surface area contributed by atoms with Gasteiger partial charge < -0.3 is 33.6 Å². The number of pyridine rings is 1. The number of hydrogen-bond acceptors (Lipinski definition) is 13. The second-order valence-electron chi connectivity index (χ2n) is 21.6. The Kier molecular flexibility index (Phi) is 17.5. The number of likely N-dealkylation sites (tertiary alicyclic amines) is 2. The summed E-state index contributed by atoms with van der Waals surface area (Å²) in [5, 5.41) is 13.4. The number of rotatable bonds is 18. The van der Waals surface area contributed by atoms with E-state index in [1.807, 2.05) is 27.7 Å². The van der Waals surface area contributed by atoms with E-state index in [-0.39, 0.29) is 60.8 Å². The summed E-state index contributed by atoms with van der Waals surface area (Å²) >= 11 is 0. The monoisotopic (exact) mass is 1040 g/mol. The fraction of sp³-hybridized carbons (Fsp3) is 0.593. The van der Waals surface area contributed by atoms with Gasteiger partial charge in [-0.2, -0.15) is 13.2 Å². The van der Waals surface area contributed by atoms with E-state index in [0.29, 0.717) is 53.8 Å². The van der Waals surface area contributed by atoms with Gasteiger partial charge in [0, 0.05) is 94.0 Å². The standard InChI is InChI=1S/C54H71F3N10O8/c1-33(2)46(63(9)50(71)37-19-26-64(30-37)44(69)18-20-53(7,8)65-23-14-24-65)48(70)60-41(51(72)67-25-12-11-22-59-67)28-43-61-62-49(75-43)36-16-17-42-39(27-36)40(29-52(5,6)32-74-35(4)68)47(66(42)31-54(55,56)57)38-15-13-21-58-45(38)34(3)73-10/h13,15-17,21,27,33-34,37,41,46,59H,11-12,14,19,22-26,28-32H2,1-10H3,(H,60,70)/t34-,37?,41-,46-/m0/s1. The summed E-state index contributed by atoms with van der Waals surface area (Å²) in [4.78, 5) is 77.8. The number of methoxy groups -OCH3 is 1. The summed E-state index contributed by atoms with van der Waals surface area (Å²) in [6.45, 7) is 16.3. The van der Waals surface area contributed by atoms with Gasteiger partial charge >= 0.3 is 12.1 Å². The lowest BCUT2D eigenvalue weighted by molar-refractivity contribution is -0.146. The number of likely N-dealkylation sites (N-methyl/N-ethyl adjacent to an activating group) is 1. The average Bonchev–Trinajstić information content (AvgIpc) is 4.09. The highest BCUT2D eigenvalue weighted by atomic mass is 19.4. The number of carbonyl (C=O) groups excluding carboxylic acids is 5. The highest BCUT2D eigenvalue weighted by Gasteiger charge is 2.40. The van der Waals surface area contributed by atoms with Crippen LogP contribution in [0.25, 0.3) is 33.6 Å². The molecule has 3 aromatic heterocycles. The van der Waals surface area contributed by atoms with Crippen molar-refractivity contribution in [2.45, 2.75) is 130 Å². The molecule has 3 saturated heterocycles. The maximum Gasteiger partial charge on any atom is 0.406 e. The number of hydrogen-bond donors (Lipinski definition) is 2. The number of hydrazine groups is 1. The van der Waals surface area contributed by atoms with E-state index in [4.69, 9.17) is 13.9 Å². The number of nitrogens with zero attached hydrogens (tertiary/aromatic N) is 8. The number of carbonyl (C=O) groups is 5. The smallest absolute Gasteiger partial charge is 0.406 e. The molecular formula is C54H71F3N10O8. The maximum absolute atomic E-state index is 14.6. The summed E-state index contributed by atoms with van der Waals surface area (Å²) < 4.78 is 62.5. The van der Waals surface area contributed by atoms with Crippen molar-refractivity contribution < 1.29 is 51.0 Å². The first-order valence-electron chi connectivity index (χ1n) is 25.7. The van der Waals surface area contributed by atoms with Crippen LogP contribution >= 0.6 is 0 Å². The van der Waals surface area contributed by atoms with Crippen LogP contribution in [0, 0.1) is 29.1 Å². The quantitative estimate of drug-likeness (QED) is 0.0854. The molecule has 3 aliphatic rings. The van der Waals surface area contributed by atoms with Gasteiger partial charge in [0.2, 0.25) is 23.6 Å². The molecule has 0 spiro atoms. The molecule has 4 atom stereocenters. The van der Waals surface area contributed by atoms with Gasteiger partial charge in [-0.3, -0.25) is 38.9 Å². The second-order valence-corrected chi connectivity index (χ2v) is 21.6. The predicted molar refractivity (Wildman–Crippen MR) is 273 cm³/mol. The molecular weight excluding hydrogens is 974 g/mol. The Morgan fingerprint density at radius 2 is 1.75 bits per heavy atom. The molecule has 3 fully saturated rings. The molecule has 2 N–H and O–H groups in total. The van der Waals surface area contributed by atoms with E-state index in [2.05, 4.69) is 42.7 Å². The van der Waals surface area contributed by atoms with Gasteiger partial charge in [0.05, 0.1) is 42.0 Å². The first kappa shape index (κ1) is 56.4.